The van der Waals surface area contributed by atoms with Crippen LogP contribution in [0.15, 0.2) is 0 Å². The van der Waals surface area contributed by atoms with Crippen LogP contribution in [0.5, 0.6) is 0 Å². The minimum atomic E-state index is -1.21. The van der Waals surface area contributed by atoms with Crippen LogP contribution in [0.3, 0.4) is 0 Å². The Kier molecular flexibility index (Phi) is 10.5. The molecule has 0 aliphatic heterocycles. The fraction of sp³-hybridized carbons (Fsp3) is 1.00. The molecule has 8 N–H and O–H groups in total. The molecule has 76 valence electrons. The molecule has 0 aromatic rings. The van der Waals surface area contributed by atoms with Crippen molar-refractivity contribution >= 4 is 0 Å². The molecule has 6 nitrogen and oxygen atoms in total. The van der Waals surface area contributed by atoms with Crippen molar-refractivity contribution in [3.05, 3.63) is 0 Å². The molecule has 0 saturated carbocycles. The Morgan fingerprint density at radius 2 is 1.17 bits per heavy atom. The van der Waals surface area contributed by atoms with Crippen molar-refractivity contribution in [1.29, 1.82) is 0 Å². The van der Waals surface area contributed by atoms with Crippen molar-refractivity contribution in [2.45, 2.75) is 5.54 Å². The van der Waals surface area contributed by atoms with E-state index in [1.54, 1.807) is 0 Å². The van der Waals surface area contributed by atoms with E-state index >= 15 is 0 Å². The second kappa shape index (κ2) is 8.85. The third-order valence-corrected chi connectivity index (χ3v) is 1.07. The summed E-state index contributed by atoms with van der Waals surface area (Å²) >= 11 is 0. The molecular formula is C6H18N2O4. The van der Waals surface area contributed by atoms with Gasteiger partial charge in [-0.3, -0.25) is 0 Å². The fourth-order valence-electron chi connectivity index (χ4n) is 0.150. The van der Waals surface area contributed by atoms with Gasteiger partial charge in [-0.15, -0.1) is 0 Å². The lowest BCUT2D eigenvalue weighted by Crippen LogP contribution is -2.50. The van der Waals surface area contributed by atoms with E-state index < -0.39 is 25.4 Å². The number of hydrogen-bond donors (Lipinski definition) is 6. The van der Waals surface area contributed by atoms with E-state index in [9.17, 15) is 0 Å². The molecule has 0 radical (unpaired) electrons. The SMILES string of the molecule is NC(CO)(CO)CO.NCCO. The zero-order valence-corrected chi connectivity index (χ0v) is 6.98. The highest BCUT2D eigenvalue weighted by Crippen LogP contribution is 1.93. The van der Waals surface area contributed by atoms with E-state index in [-0.39, 0.29) is 6.61 Å². The normalized spacial score (nSPS) is 10.5. The molecule has 0 aromatic carbocycles. The van der Waals surface area contributed by atoms with Gasteiger partial charge in [0.2, 0.25) is 0 Å². The maximum Gasteiger partial charge on any atom is 0.0856 e. The predicted octanol–water partition coefficient (Wildman–Crippen LogP) is -3.40. The smallest absolute Gasteiger partial charge is 0.0856 e. The van der Waals surface area contributed by atoms with Gasteiger partial charge in [0.05, 0.1) is 32.0 Å². The molecule has 0 aromatic heterocycles. The van der Waals surface area contributed by atoms with Crippen molar-refractivity contribution in [2.75, 3.05) is 33.0 Å². The monoisotopic (exact) mass is 182 g/mol. The summed E-state index contributed by atoms with van der Waals surface area (Å²) in [6, 6.07) is 0. The average Bonchev–Trinajstić information content (AvgIpc) is 2.17. The molecule has 0 saturated heterocycles. The van der Waals surface area contributed by atoms with Gasteiger partial charge in [-0.25, -0.2) is 0 Å². The van der Waals surface area contributed by atoms with Crippen LogP contribution >= 0.6 is 0 Å². The molecule has 0 atom stereocenters. The molecular weight excluding hydrogens is 164 g/mol. The van der Waals surface area contributed by atoms with E-state index in [1.807, 2.05) is 0 Å². The van der Waals surface area contributed by atoms with E-state index in [1.165, 1.54) is 0 Å². The van der Waals surface area contributed by atoms with Crippen LogP contribution in [0.2, 0.25) is 0 Å². The van der Waals surface area contributed by atoms with Gasteiger partial charge >= 0.3 is 0 Å². The summed E-state index contributed by atoms with van der Waals surface area (Å²) in [7, 11) is 0. The molecule has 0 fully saturated rings. The maximum absolute atomic E-state index is 8.34. The number of aliphatic hydroxyl groups excluding tert-OH is 4. The molecule has 12 heavy (non-hydrogen) atoms. The van der Waals surface area contributed by atoms with Crippen LogP contribution in [0.4, 0.5) is 0 Å². The van der Waals surface area contributed by atoms with E-state index in [0.717, 1.165) is 0 Å². The van der Waals surface area contributed by atoms with Gasteiger partial charge in [0.15, 0.2) is 0 Å². The Labute approximate surface area is 71.4 Å². The first-order valence-corrected chi connectivity index (χ1v) is 3.52. The Hall–Kier alpha value is -0.240. The summed E-state index contributed by atoms with van der Waals surface area (Å²) < 4.78 is 0. The minimum Gasteiger partial charge on any atom is -0.395 e. The highest BCUT2D eigenvalue weighted by Gasteiger charge is 2.20. The Morgan fingerprint density at radius 3 is 1.17 bits per heavy atom. The standard InChI is InChI=1S/C4H11NO3.C2H7NO/c5-4(1-6,2-7)3-8;3-1-2-4/h6-8H,1-3,5H2;4H,1-3H2. The molecule has 0 heterocycles. The lowest BCUT2D eigenvalue weighted by Gasteiger charge is -2.20. The number of nitrogens with two attached hydrogens (primary N) is 2. The Bertz CT molecular complexity index is 77.4. The van der Waals surface area contributed by atoms with Crippen molar-refractivity contribution in [3.8, 4) is 0 Å². The Morgan fingerprint density at radius 1 is 0.917 bits per heavy atom. The quantitative estimate of drug-likeness (QED) is 0.268. The molecule has 0 spiro atoms. The second-order valence-corrected chi connectivity index (χ2v) is 2.35. The highest BCUT2D eigenvalue weighted by atomic mass is 16.3. The predicted molar refractivity (Wildman–Crippen MR) is 44.3 cm³/mol. The van der Waals surface area contributed by atoms with Crippen molar-refractivity contribution < 1.29 is 20.4 Å². The Balaban J connectivity index is 0. The third kappa shape index (κ3) is 7.86. The zero-order valence-electron chi connectivity index (χ0n) is 6.98. The molecule has 6 heteroatoms. The van der Waals surface area contributed by atoms with Crippen LogP contribution in [0, 0.1) is 0 Å². The van der Waals surface area contributed by atoms with Gasteiger partial charge < -0.3 is 31.9 Å². The zero-order chi connectivity index (χ0) is 10.0. The fourth-order valence-corrected chi connectivity index (χ4v) is 0.150. The lowest BCUT2D eigenvalue weighted by atomic mass is 10.1. The summed E-state index contributed by atoms with van der Waals surface area (Å²) in [6.07, 6.45) is 0. The highest BCUT2D eigenvalue weighted by molar-refractivity contribution is 4.80. The van der Waals surface area contributed by atoms with Gasteiger partial charge in [-0.05, 0) is 0 Å². The largest absolute Gasteiger partial charge is 0.395 e. The maximum atomic E-state index is 8.34. The molecule has 0 amide bonds. The summed E-state index contributed by atoms with van der Waals surface area (Å²) in [4.78, 5) is 0. The van der Waals surface area contributed by atoms with Crippen LogP contribution in [-0.2, 0) is 0 Å². The molecule has 0 rings (SSSR count). The van der Waals surface area contributed by atoms with Gasteiger partial charge in [-0.1, -0.05) is 0 Å². The van der Waals surface area contributed by atoms with Crippen LogP contribution in [-0.4, -0.2) is 58.9 Å². The minimum absolute atomic E-state index is 0.0972. The first-order chi connectivity index (χ1) is 5.60. The average molecular weight is 182 g/mol. The van der Waals surface area contributed by atoms with Crippen LogP contribution in [0.1, 0.15) is 0 Å². The lowest BCUT2D eigenvalue weighted by molar-refractivity contribution is 0.0698. The van der Waals surface area contributed by atoms with Crippen molar-refractivity contribution in [1.82, 2.24) is 0 Å². The van der Waals surface area contributed by atoms with E-state index in [0.29, 0.717) is 6.54 Å². The second-order valence-electron chi connectivity index (χ2n) is 2.35. The first kappa shape index (κ1) is 14.3. The third-order valence-electron chi connectivity index (χ3n) is 1.07. The molecule has 0 bridgehead atoms. The number of rotatable bonds is 4. The summed E-state index contributed by atoms with van der Waals surface area (Å²) in [6.45, 7) is -0.736. The van der Waals surface area contributed by atoms with Crippen molar-refractivity contribution in [3.63, 3.8) is 0 Å². The van der Waals surface area contributed by atoms with Crippen LogP contribution in [0.25, 0.3) is 0 Å². The molecule has 0 aliphatic carbocycles. The first-order valence-electron chi connectivity index (χ1n) is 3.52. The topological polar surface area (TPSA) is 133 Å². The van der Waals surface area contributed by atoms with Gasteiger partial charge in [0.25, 0.3) is 0 Å². The van der Waals surface area contributed by atoms with Gasteiger partial charge in [-0.2, -0.15) is 0 Å². The van der Waals surface area contributed by atoms with Crippen molar-refractivity contribution in [2.24, 2.45) is 11.5 Å². The summed E-state index contributed by atoms with van der Waals surface area (Å²) in [5.74, 6) is 0. The molecule has 0 unspecified atom stereocenters. The van der Waals surface area contributed by atoms with Crippen LogP contribution < -0.4 is 11.5 Å². The van der Waals surface area contributed by atoms with Gasteiger partial charge in [0.1, 0.15) is 0 Å². The molecule has 0 aliphatic rings. The van der Waals surface area contributed by atoms with Gasteiger partial charge in [0, 0.05) is 6.54 Å². The van der Waals surface area contributed by atoms with E-state index in [2.05, 4.69) is 0 Å². The summed E-state index contributed by atoms with van der Waals surface area (Å²) in [5, 5.41) is 32.8. The summed E-state index contributed by atoms with van der Waals surface area (Å²) in [5.41, 5.74) is 8.72. The number of aliphatic hydroxyl groups is 4. The number of hydrogen-bond acceptors (Lipinski definition) is 6. The van der Waals surface area contributed by atoms with E-state index in [4.69, 9.17) is 31.9 Å².